The maximum Gasteiger partial charge on any atom is 0.140 e. The molecular formula is C9H16N2O. The zero-order chi connectivity index (χ0) is 9.19. The molecule has 3 nitrogen and oxygen atoms in total. The van der Waals surface area contributed by atoms with Gasteiger partial charge in [-0.2, -0.15) is 0 Å². The van der Waals surface area contributed by atoms with Crippen molar-refractivity contribution in [3.8, 4) is 0 Å². The Balaban J connectivity index is 2.91. The number of hydrogen-bond acceptors (Lipinski definition) is 2. The molecule has 0 atom stereocenters. The molecule has 0 unspecified atom stereocenters. The van der Waals surface area contributed by atoms with Gasteiger partial charge in [0.25, 0.3) is 0 Å². The average molecular weight is 168 g/mol. The molecule has 1 aromatic heterocycles. The molecule has 0 aliphatic carbocycles. The highest BCUT2D eigenvalue weighted by molar-refractivity contribution is 5.01. The van der Waals surface area contributed by atoms with E-state index >= 15 is 0 Å². The fourth-order valence-corrected chi connectivity index (χ4v) is 1.26. The van der Waals surface area contributed by atoms with Crippen molar-refractivity contribution in [1.82, 2.24) is 9.55 Å². The van der Waals surface area contributed by atoms with Crippen LogP contribution in [0.2, 0.25) is 0 Å². The van der Waals surface area contributed by atoms with Gasteiger partial charge in [-0.15, -0.1) is 0 Å². The maximum absolute atomic E-state index is 9.70. The summed E-state index contributed by atoms with van der Waals surface area (Å²) in [4.78, 5) is 4.12. The van der Waals surface area contributed by atoms with E-state index in [2.05, 4.69) is 11.9 Å². The molecule has 1 rings (SSSR count). The first-order valence-corrected chi connectivity index (χ1v) is 4.29. The quantitative estimate of drug-likeness (QED) is 0.743. The van der Waals surface area contributed by atoms with Crippen LogP contribution in [0.5, 0.6) is 0 Å². The molecule has 0 radical (unpaired) electrons. The van der Waals surface area contributed by atoms with Crippen molar-refractivity contribution in [2.24, 2.45) is 0 Å². The summed E-state index contributed by atoms with van der Waals surface area (Å²) >= 11 is 0. The summed E-state index contributed by atoms with van der Waals surface area (Å²) < 4.78 is 1.99. The summed E-state index contributed by atoms with van der Waals surface area (Å²) in [5, 5.41) is 9.70. The van der Waals surface area contributed by atoms with E-state index in [0.717, 1.165) is 18.8 Å². The lowest BCUT2D eigenvalue weighted by Crippen LogP contribution is -2.21. The van der Waals surface area contributed by atoms with Crippen molar-refractivity contribution >= 4 is 0 Å². The smallest absolute Gasteiger partial charge is 0.140 e. The molecule has 1 heterocycles. The van der Waals surface area contributed by atoms with Crippen LogP contribution in [0.15, 0.2) is 12.4 Å². The molecule has 12 heavy (non-hydrogen) atoms. The van der Waals surface area contributed by atoms with Gasteiger partial charge in [0, 0.05) is 18.9 Å². The fourth-order valence-electron chi connectivity index (χ4n) is 1.26. The lowest BCUT2D eigenvalue weighted by Gasteiger charge is -2.18. The highest BCUT2D eigenvalue weighted by Gasteiger charge is 2.21. The van der Waals surface area contributed by atoms with E-state index < -0.39 is 5.60 Å². The van der Waals surface area contributed by atoms with Gasteiger partial charge in [-0.1, -0.05) is 6.92 Å². The SMILES string of the molecule is CCCn1ccnc1C(C)(C)O. The second kappa shape index (κ2) is 3.27. The molecule has 0 saturated carbocycles. The van der Waals surface area contributed by atoms with Crippen LogP contribution < -0.4 is 0 Å². The summed E-state index contributed by atoms with van der Waals surface area (Å²) in [5.41, 5.74) is -0.835. The topological polar surface area (TPSA) is 38.0 Å². The standard InChI is InChI=1S/C9H16N2O/c1-4-6-11-7-5-10-8(11)9(2,3)12/h5,7,12H,4,6H2,1-3H3. The van der Waals surface area contributed by atoms with Crippen LogP contribution in [0.4, 0.5) is 0 Å². The molecule has 0 amide bonds. The van der Waals surface area contributed by atoms with Crippen LogP contribution in [0.3, 0.4) is 0 Å². The Kier molecular flexibility index (Phi) is 2.52. The summed E-state index contributed by atoms with van der Waals surface area (Å²) in [6.07, 6.45) is 4.68. The van der Waals surface area contributed by atoms with Crippen LogP contribution >= 0.6 is 0 Å². The summed E-state index contributed by atoms with van der Waals surface area (Å²) in [5.74, 6) is 0.740. The minimum Gasteiger partial charge on any atom is -0.383 e. The highest BCUT2D eigenvalue weighted by Crippen LogP contribution is 2.17. The molecule has 0 aliphatic rings. The Hall–Kier alpha value is -0.830. The van der Waals surface area contributed by atoms with Gasteiger partial charge in [-0.25, -0.2) is 4.98 Å². The van der Waals surface area contributed by atoms with E-state index in [0.29, 0.717) is 0 Å². The fraction of sp³-hybridized carbons (Fsp3) is 0.667. The Labute approximate surface area is 73.1 Å². The molecule has 0 aliphatic heterocycles. The molecule has 0 saturated heterocycles. The van der Waals surface area contributed by atoms with Crippen LogP contribution in [0.1, 0.15) is 33.0 Å². The van der Waals surface area contributed by atoms with E-state index in [1.807, 2.05) is 10.8 Å². The predicted molar refractivity (Wildman–Crippen MR) is 47.8 cm³/mol. The van der Waals surface area contributed by atoms with E-state index in [4.69, 9.17) is 0 Å². The Morgan fingerprint density at radius 2 is 2.25 bits per heavy atom. The number of aromatic nitrogens is 2. The molecule has 1 N–H and O–H groups in total. The Morgan fingerprint density at radius 3 is 2.75 bits per heavy atom. The van der Waals surface area contributed by atoms with Gasteiger partial charge in [-0.3, -0.25) is 0 Å². The van der Waals surface area contributed by atoms with E-state index in [-0.39, 0.29) is 0 Å². The van der Waals surface area contributed by atoms with Crippen LogP contribution in [0, 0.1) is 0 Å². The lowest BCUT2D eigenvalue weighted by atomic mass is 10.1. The average Bonchev–Trinajstić information content (AvgIpc) is 2.34. The van der Waals surface area contributed by atoms with Crippen LogP contribution in [-0.4, -0.2) is 14.7 Å². The number of rotatable bonds is 3. The number of aryl methyl sites for hydroxylation is 1. The number of imidazole rings is 1. The summed E-state index contributed by atoms with van der Waals surface area (Å²) in [6.45, 7) is 6.52. The van der Waals surface area contributed by atoms with Gasteiger partial charge in [0.05, 0.1) is 0 Å². The lowest BCUT2D eigenvalue weighted by molar-refractivity contribution is 0.0646. The minimum absolute atomic E-state index is 0.740. The van der Waals surface area contributed by atoms with Crippen molar-refractivity contribution in [2.45, 2.75) is 39.3 Å². The highest BCUT2D eigenvalue weighted by atomic mass is 16.3. The second-order valence-electron chi connectivity index (χ2n) is 3.50. The first kappa shape index (κ1) is 9.26. The van der Waals surface area contributed by atoms with E-state index in [1.165, 1.54) is 0 Å². The van der Waals surface area contributed by atoms with Gasteiger partial charge < -0.3 is 9.67 Å². The van der Waals surface area contributed by atoms with Crippen LogP contribution in [-0.2, 0) is 12.1 Å². The third-order valence-electron chi connectivity index (χ3n) is 1.73. The van der Waals surface area contributed by atoms with Gasteiger partial charge >= 0.3 is 0 Å². The van der Waals surface area contributed by atoms with E-state index in [1.54, 1.807) is 20.0 Å². The second-order valence-corrected chi connectivity index (χ2v) is 3.50. The molecule has 0 fully saturated rings. The molecule has 0 spiro atoms. The summed E-state index contributed by atoms with van der Waals surface area (Å²) in [6, 6.07) is 0. The van der Waals surface area contributed by atoms with Crippen molar-refractivity contribution in [3.05, 3.63) is 18.2 Å². The Morgan fingerprint density at radius 1 is 1.58 bits per heavy atom. The molecule has 0 aromatic carbocycles. The summed E-state index contributed by atoms with van der Waals surface area (Å²) in [7, 11) is 0. The first-order chi connectivity index (χ1) is 5.55. The zero-order valence-corrected chi connectivity index (χ0v) is 7.91. The molecule has 3 heteroatoms. The van der Waals surface area contributed by atoms with Gasteiger partial charge in [-0.05, 0) is 20.3 Å². The van der Waals surface area contributed by atoms with Gasteiger partial charge in [0.1, 0.15) is 11.4 Å². The normalized spacial score (nSPS) is 12.0. The van der Waals surface area contributed by atoms with Crippen molar-refractivity contribution in [1.29, 1.82) is 0 Å². The predicted octanol–water partition coefficient (Wildman–Crippen LogP) is 1.52. The van der Waals surface area contributed by atoms with Crippen molar-refractivity contribution in [3.63, 3.8) is 0 Å². The number of aliphatic hydroxyl groups is 1. The maximum atomic E-state index is 9.70. The zero-order valence-electron chi connectivity index (χ0n) is 7.91. The van der Waals surface area contributed by atoms with Gasteiger partial charge in [0.2, 0.25) is 0 Å². The minimum atomic E-state index is -0.835. The molecule has 0 bridgehead atoms. The Bertz CT molecular complexity index is 247. The number of hydrogen-bond donors (Lipinski definition) is 1. The van der Waals surface area contributed by atoms with Gasteiger partial charge in [0.15, 0.2) is 0 Å². The van der Waals surface area contributed by atoms with Crippen molar-refractivity contribution in [2.75, 3.05) is 0 Å². The third kappa shape index (κ3) is 1.85. The van der Waals surface area contributed by atoms with E-state index in [9.17, 15) is 5.11 Å². The third-order valence-corrected chi connectivity index (χ3v) is 1.73. The largest absolute Gasteiger partial charge is 0.383 e. The number of nitrogens with zero attached hydrogens (tertiary/aromatic N) is 2. The first-order valence-electron chi connectivity index (χ1n) is 4.29. The molecular weight excluding hydrogens is 152 g/mol. The molecule has 1 aromatic rings. The van der Waals surface area contributed by atoms with Crippen molar-refractivity contribution < 1.29 is 5.11 Å². The van der Waals surface area contributed by atoms with Crippen LogP contribution in [0.25, 0.3) is 0 Å². The molecule has 68 valence electrons. The monoisotopic (exact) mass is 168 g/mol.